The number of halogens is 2. The molecule has 1 heterocycles. The number of hydrogen-bond acceptors (Lipinski definition) is 4. The molecule has 100 valence electrons. The first-order valence-corrected chi connectivity index (χ1v) is 6.93. The average Bonchev–Trinajstić information content (AvgIpc) is 2.64. The smallest absolute Gasteiger partial charge is 0.308 e. The number of hydrogen-bond donors (Lipinski definition) is 2. The second-order valence-corrected chi connectivity index (χ2v) is 5.77. The van der Waals surface area contributed by atoms with Crippen molar-refractivity contribution in [1.82, 2.24) is 4.98 Å². The maximum Gasteiger partial charge on any atom is 0.308 e. The van der Waals surface area contributed by atoms with E-state index in [4.69, 9.17) is 28.3 Å². The van der Waals surface area contributed by atoms with Gasteiger partial charge in [0.25, 0.3) is 0 Å². The minimum Gasteiger partial charge on any atom is -0.481 e. The summed E-state index contributed by atoms with van der Waals surface area (Å²) in [7, 11) is 0. The van der Waals surface area contributed by atoms with Gasteiger partial charge in [0.15, 0.2) is 5.13 Å². The van der Waals surface area contributed by atoms with Gasteiger partial charge in [0.2, 0.25) is 0 Å². The minimum absolute atomic E-state index is 0.0333. The highest BCUT2D eigenvalue weighted by atomic mass is 35.5. The molecule has 0 fully saturated rings. The molecular weight excluding hydrogens is 307 g/mol. The van der Waals surface area contributed by atoms with Crippen molar-refractivity contribution in [3.05, 3.63) is 38.8 Å². The number of nitrogens with zero attached hydrogens (tertiary/aromatic N) is 1. The van der Waals surface area contributed by atoms with Crippen molar-refractivity contribution in [2.45, 2.75) is 13.3 Å². The number of benzene rings is 1. The maximum absolute atomic E-state index is 10.7. The van der Waals surface area contributed by atoms with E-state index in [-0.39, 0.29) is 6.42 Å². The molecule has 2 aromatic rings. The van der Waals surface area contributed by atoms with Crippen LogP contribution in [0.3, 0.4) is 0 Å². The quantitative estimate of drug-likeness (QED) is 0.890. The highest BCUT2D eigenvalue weighted by Crippen LogP contribution is 2.31. The monoisotopic (exact) mass is 316 g/mol. The Morgan fingerprint density at radius 3 is 2.89 bits per heavy atom. The number of aromatic nitrogens is 1. The molecule has 19 heavy (non-hydrogen) atoms. The summed E-state index contributed by atoms with van der Waals surface area (Å²) in [5, 5.41) is 13.5. The van der Waals surface area contributed by atoms with Crippen molar-refractivity contribution in [3.8, 4) is 0 Å². The number of carbonyl (C=O) groups is 1. The summed E-state index contributed by atoms with van der Waals surface area (Å²) in [6.45, 7) is 1.78. The Morgan fingerprint density at radius 2 is 2.21 bits per heavy atom. The lowest BCUT2D eigenvalue weighted by molar-refractivity contribution is -0.136. The van der Waals surface area contributed by atoms with Gasteiger partial charge < -0.3 is 10.4 Å². The molecule has 0 aliphatic heterocycles. The van der Waals surface area contributed by atoms with Crippen LogP contribution in [0, 0.1) is 6.92 Å². The number of carboxylic acids is 1. The number of aryl methyl sites for hydroxylation is 1. The normalized spacial score (nSPS) is 10.5. The molecule has 7 heteroatoms. The van der Waals surface area contributed by atoms with Gasteiger partial charge in [0.05, 0.1) is 22.8 Å². The molecule has 2 N–H and O–H groups in total. The molecule has 1 aromatic heterocycles. The average molecular weight is 317 g/mol. The molecule has 0 atom stereocenters. The van der Waals surface area contributed by atoms with Crippen molar-refractivity contribution in [2.75, 3.05) is 5.32 Å². The van der Waals surface area contributed by atoms with E-state index in [0.29, 0.717) is 31.4 Å². The third-order valence-corrected chi connectivity index (χ3v) is 4.01. The Hall–Kier alpha value is -1.30. The van der Waals surface area contributed by atoms with Gasteiger partial charge in [-0.1, -0.05) is 23.2 Å². The molecule has 0 spiro atoms. The van der Waals surface area contributed by atoms with E-state index < -0.39 is 5.97 Å². The largest absolute Gasteiger partial charge is 0.481 e. The summed E-state index contributed by atoms with van der Waals surface area (Å²) in [6, 6.07) is 5.07. The Morgan fingerprint density at radius 1 is 1.47 bits per heavy atom. The van der Waals surface area contributed by atoms with Gasteiger partial charge in [-0.2, -0.15) is 0 Å². The van der Waals surface area contributed by atoms with E-state index in [1.807, 2.05) is 0 Å². The second-order valence-electron chi connectivity index (χ2n) is 3.85. The number of rotatable bonds is 4. The number of nitrogens with one attached hydrogen (secondary N) is 1. The van der Waals surface area contributed by atoms with Gasteiger partial charge in [-0.3, -0.25) is 4.79 Å². The molecular formula is C12H10Cl2N2O2S. The van der Waals surface area contributed by atoms with Crippen LogP contribution in [0.15, 0.2) is 18.2 Å². The van der Waals surface area contributed by atoms with Gasteiger partial charge in [-0.25, -0.2) is 4.98 Å². The zero-order valence-electron chi connectivity index (χ0n) is 9.91. The molecule has 0 saturated heterocycles. The Labute approximate surface area is 124 Å². The van der Waals surface area contributed by atoms with Crippen molar-refractivity contribution < 1.29 is 9.90 Å². The van der Waals surface area contributed by atoms with Crippen LogP contribution >= 0.6 is 34.5 Å². The number of anilines is 2. The van der Waals surface area contributed by atoms with Crippen molar-refractivity contribution in [3.63, 3.8) is 0 Å². The Balaban J connectivity index is 2.24. The molecule has 0 aliphatic rings. The first kappa shape index (κ1) is 14.1. The fraction of sp³-hybridized carbons (Fsp3) is 0.167. The summed E-state index contributed by atoms with van der Waals surface area (Å²) < 4.78 is 0. The molecule has 4 nitrogen and oxygen atoms in total. The van der Waals surface area contributed by atoms with Crippen molar-refractivity contribution >= 4 is 51.3 Å². The van der Waals surface area contributed by atoms with Crippen LogP contribution in [0.5, 0.6) is 0 Å². The molecule has 0 amide bonds. The summed E-state index contributed by atoms with van der Waals surface area (Å²) in [4.78, 5) is 15.7. The Bertz CT molecular complexity index is 628. The lowest BCUT2D eigenvalue weighted by Gasteiger charge is -2.05. The van der Waals surface area contributed by atoms with Crippen LogP contribution in [0.25, 0.3) is 0 Å². The SMILES string of the molecule is Cc1nc(Nc2cc(Cl)ccc2Cl)sc1CC(=O)O. The number of thiazole rings is 1. The van der Waals surface area contributed by atoms with E-state index >= 15 is 0 Å². The third-order valence-electron chi connectivity index (χ3n) is 2.37. The summed E-state index contributed by atoms with van der Waals surface area (Å²) >= 11 is 13.2. The Kier molecular flexibility index (Phi) is 4.29. The molecule has 1 aromatic carbocycles. The lowest BCUT2D eigenvalue weighted by atomic mass is 10.3. The van der Waals surface area contributed by atoms with Crippen molar-refractivity contribution in [2.24, 2.45) is 0 Å². The highest BCUT2D eigenvalue weighted by molar-refractivity contribution is 7.15. The van der Waals surface area contributed by atoms with Crippen LogP contribution in [-0.2, 0) is 11.2 Å². The summed E-state index contributed by atoms with van der Waals surface area (Å²) in [5.41, 5.74) is 1.35. The van der Waals surface area contributed by atoms with Gasteiger partial charge in [0.1, 0.15) is 0 Å². The lowest BCUT2D eigenvalue weighted by Crippen LogP contribution is -1.99. The molecule has 0 saturated carbocycles. The van der Waals surface area contributed by atoms with Crippen LogP contribution in [0.2, 0.25) is 10.0 Å². The van der Waals surface area contributed by atoms with E-state index in [9.17, 15) is 4.79 Å². The van der Waals surface area contributed by atoms with E-state index in [0.717, 1.165) is 0 Å². The van der Waals surface area contributed by atoms with Crippen LogP contribution in [0.1, 0.15) is 10.6 Å². The van der Waals surface area contributed by atoms with Gasteiger partial charge in [0, 0.05) is 9.90 Å². The first-order chi connectivity index (χ1) is 8.95. The van der Waals surface area contributed by atoms with E-state index in [2.05, 4.69) is 10.3 Å². The van der Waals surface area contributed by atoms with E-state index in [1.165, 1.54) is 11.3 Å². The van der Waals surface area contributed by atoms with Gasteiger partial charge >= 0.3 is 5.97 Å². The predicted octanol–water partition coefficient (Wildman–Crippen LogP) is 4.13. The molecule has 0 unspecified atom stereocenters. The summed E-state index contributed by atoms with van der Waals surface area (Å²) in [5.74, 6) is -0.876. The zero-order valence-corrected chi connectivity index (χ0v) is 12.2. The molecule has 2 rings (SSSR count). The summed E-state index contributed by atoms with van der Waals surface area (Å²) in [6.07, 6.45) is -0.0333. The number of aliphatic carboxylic acids is 1. The fourth-order valence-electron chi connectivity index (χ4n) is 1.49. The van der Waals surface area contributed by atoms with Gasteiger partial charge in [-0.05, 0) is 25.1 Å². The molecule has 0 bridgehead atoms. The van der Waals surface area contributed by atoms with E-state index in [1.54, 1.807) is 25.1 Å². The fourth-order valence-corrected chi connectivity index (χ4v) is 2.79. The minimum atomic E-state index is -0.876. The third kappa shape index (κ3) is 3.59. The molecule has 0 radical (unpaired) electrons. The number of carboxylic acid groups (broad SMARTS) is 1. The van der Waals surface area contributed by atoms with Crippen LogP contribution in [-0.4, -0.2) is 16.1 Å². The topological polar surface area (TPSA) is 62.2 Å². The van der Waals surface area contributed by atoms with Crippen LogP contribution < -0.4 is 5.32 Å². The first-order valence-electron chi connectivity index (χ1n) is 5.36. The second kappa shape index (κ2) is 5.77. The molecule has 0 aliphatic carbocycles. The maximum atomic E-state index is 10.7. The predicted molar refractivity (Wildman–Crippen MR) is 77.9 cm³/mol. The van der Waals surface area contributed by atoms with Gasteiger partial charge in [-0.15, -0.1) is 11.3 Å². The highest BCUT2D eigenvalue weighted by Gasteiger charge is 2.12. The standard InChI is InChI=1S/C12H10Cl2N2O2S/c1-6-10(5-11(17)18)19-12(15-6)16-9-4-7(13)2-3-8(9)14/h2-4H,5H2,1H3,(H,15,16)(H,17,18). The van der Waals surface area contributed by atoms with Crippen molar-refractivity contribution in [1.29, 1.82) is 0 Å². The van der Waals surface area contributed by atoms with Crippen LogP contribution in [0.4, 0.5) is 10.8 Å². The zero-order chi connectivity index (χ0) is 14.0.